The van der Waals surface area contributed by atoms with Gasteiger partial charge in [-0.3, -0.25) is 10.1 Å². The van der Waals surface area contributed by atoms with Gasteiger partial charge in [-0.15, -0.1) is 11.3 Å². The lowest BCUT2D eigenvalue weighted by molar-refractivity contribution is -0.384. The van der Waals surface area contributed by atoms with Crippen LogP contribution in [0.4, 0.5) is 18.9 Å². The lowest BCUT2D eigenvalue weighted by Crippen LogP contribution is -2.13. The van der Waals surface area contributed by atoms with E-state index in [1.807, 2.05) is 0 Å². The Labute approximate surface area is 127 Å². The van der Waals surface area contributed by atoms with Crippen LogP contribution in [0.1, 0.15) is 28.5 Å². The normalized spacial score (nSPS) is 14.0. The molecular weight excluding hydrogens is 319 g/mol. The Morgan fingerprint density at radius 1 is 1.27 bits per heavy atom. The average molecular weight is 331 g/mol. The zero-order valence-electron chi connectivity index (χ0n) is 11.2. The highest BCUT2D eigenvalue weighted by atomic mass is 32.1. The van der Waals surface area contributed by atoms with E-state index in [2.05, 4.69) is 4.98 Å². The Morgan fingerprint density at radius 2 is 1.91 bits per heavy atom. The van der Waals surface area contributed by atoms with E-state index < -0.39 is 23.6 Å². The molecule has 0 radical (unpaired) electrons. The van der Waals surface area contributed by atoms with Crippen LogP contribution in [0.25, 0.3) is 0 Å². The van der Waals surface area contributed by atoms with Crippen molar-refractivity contribution in [3.05, 3.63) is 56.0 Å². The van der Waals surface area contributed by atoms with Gasteiger partial charge < -0.3 is 5.73 Å². The Hall–Kier alpha value is -2.00. The molecule has 1 aromatic heterocycles. The van der Waals surface area contributed by atoms with E-state index in [0.717, 1.165) is 16.9 Å². The Kier molecular flexibility index (Phi) is 5.09. The number of nitrogens with zero attached hydrogens (tertiary/aromatic N) is 2. The van der Waals surface area contributed by atoms with Crippen LogP contribution in [0.3, 0.4) is 0 Å². The molecule has 0 spiro atoms. The molecule has 0 aliphatic rings. The lowest BCUT2D eigenvalue weighted by atomic mass is 10.1. The molecular formula is C13H12F3N3O2S. The lowest BCUT2D eigenvalue weighted by Gasteiger charge is -2.08. The van der Waals surface area contributed by atoms with Crippen LogP contribution in [-0.2, 0) is 6.42 Å². The van der Waals surface area contributed by atoms with Gasteiger partial charge in [0.1, 0.15) is 5.01 Å². The van der Waals surface area contributed by atoms with Crippen molar-refractivity contribution in [3.63, 3.8) is 0 Å². The summed E-state index contributed by atoms with van der Waals surface area (Å²) in [5, 5.41) is 12.1. The van der Waals surface area contributed by atoms with Gasteiger partial charge in [0, 0.05) is 17.5 Å². The fourth-order valence-corrected chi connectivity index (χ4v) is 2.66. The molecule has 22 heavy (non-hydrogen) atoms. The number of hydrogen-bond donors (Lipinski definition) is 1. The fourth-order valence-electron chi connectivity index (χ4n) is 1.82. The molecule has 2 rings (SSSR count). The van der Waals surface area contributed by atoms with Crippen LogP contribution in [0, 0.1) is 10.1 Å². The number of thiazole rings is 1. The second-order valence-electron chi connectivity index (χ2n) is 4.58. The van der Waals surface area contributed by atoms with Gasteiger partial charge in [0.2, 0.25) is 6.17 Å². The second kappa shape index (κ2) is 6.84. The summed E-state index contributed by atoms with van der Waals surface area (Å²) >= 11 is 1.01. The zero-order valence-corrected chi connectivity index (χ0v) is 12.0. The molecule has 0 aliphatic heterocycles. The molecule has 1 heterocycles. The largest absolute Gasteiger partial charge is 0.322 e. The summed E-state index contributed by atoms with van der Waals surface area (Å²) in [6.07, 6.45) is -5.23. The Balaban J connectivity index is 2.05. The minimum absolute atomic E-state index is 0.0361. The van der Waals surface area contributed by atoms with Crippen LogP contribution in [-0.4, -0.2) is 16.3 Å². The van der Waals surface area contributed by atoms with Crippen LogP contribution in [0.2, 0.25) is 0 Å². The van der Waals surface area contributed by atoms with E-state index in [4.69, 9.17) is 5.73 Å². The molecule has 2 N–H and O–H groups in total. The molecule has 0 fully saturated rings. The SMILES string of the molecule is N[C@@H](Cc1ccc([N+](=O)[O-])cc1)c1nc(C(F)C(F)F)cs1. The van der Waals surface area contributed by atoms with Crippen molar-refractivity contribution < 1.29 is 18.1 Å². The van der Waals surface area contributed by atoms with E-state index in [0.29, 0.717) is 11.4 Å². The smallest absolute Gasteiger partial charge is 0.275 e. The van der Waals surface area contributed by atoms with Gasteiger partial charge in [-0.1, -0.05) is 12.1 Å². The second-order valence-corrected chi connectivity index (χ2v) is 5.47. The number of aromatic nitrogens is 1. The first-order valence-corrected chi connectivity index (χ1v) is 7.13. The average Bonchev–Trinajstić information content (AvgIpc) is 2.96. The number of hydrogen-bond acceptors (Lipinski definition) is 5. The van der Waals surface area contributed by atoms with Crippen LogP contribution >= 0.6 is 11.3 Å². The van der Waals surface area contributed by atoms with Crippen LogP contribution in [0.15, 0.2) is 29.6 Å². The molecule has 118 valence electrons. The Bertz CT molecular complexity index is 648. The zero-order chi connectivity index (χ0) is 16.3. The third-order valence-corrected chi connectivity index (χ3v) is 3.96. The number of nitro benzene ring substituents is 1. The van der Waals surface area contributed by atoms with E-state index in [1.54, 1.807) is 12.1 Å². The third kappa shape index (κ3) is 3.80. The topological polar surface area (TPSA) is 82.0 Å². The molecule has 1 aromatic carbocycles. The quantitative estimate of drug-likeness (QED) is 0.648. The van der Waals surface area contributed by atoms with Crippen molar-refractivity contribution in [1.82, 2.24) is 4.98 Å². The van der Waals surface area contributed by atoms with Gasteiger partial charge in [0.05, 0.1) is 16.7 Å². The fraction of sp³-hybridized carbons (Fsp3) is 0.308. The number of nitrogens with two attached hydrogens (primary N) is 1. The summed E-state index contributed by atoms with van der Waals surface area (Å²) in [6, 6.07) is 5.23. The molecule has 2 atom stereocenters. The van der Waals surface area contributed by atoms with Gasteiger partial charge in [-0.05, 0) is 12.0 Å². The highest BCUT2D eigenvalue weighted by Crippen LogP contribution is 2.28. The number of non-ortho nitro benzene ring substituents is 1. The molecule has 9 heteroatoms. The van der Waals surface area contributed by atoms with Crippen LogP contribution < -0.4 is 5.73 Å². The maximum Gasteiger partial charge on any atom is 0.275 e. The number of halogens is 3. The first kappa shape index (κ1) is 16.4. The summed E-state index contributed by atoms with van der Waals surface area (Å²) < 4.78 is 37.7. The maximum atomic E-state index is 13.2. The minimum atomic E-state index is -3.12. The van der Waals surface area contributed by atoms with Crippen LogP contribution in [0.5, 0.6) is 0 Å². The summed E-state index contributed by atoms with van der Waals surface area (Å²) in [5.41, 5.74) is 6.29. The molecule has 5 nitrogen and oxygen atoms in total. The Morgan fingerprint density at radius 3 is 2.45 bits per heavy atom. The summed E-state index contributed by atoms with van der Waals surface area (Å²) in [5.74, 6) is 0. The third-order valence-electron chi connectivity index (χ3n) is 2.96. The van der Waals surface area contributed by atoms with Crippen molar-refractivity contribution in [2.24, 2.45) is 5.73 Å². The molecule has 1 unspecified atom stereocenters. The van der Waals surface area contributed by atoms with E-state index >= 15 is 0 Å². The van der Waals surface area contributed by atoms with Crippen molar-refractivity contribution in [1.29, 1.82) is 0 Å². The molecule has 0 saturated carbocycles. The van der Waals surface area contributed by atoms with Crippen molar-refractivity contribution in [3.8, 4) is 0 Å². The van der Waals surface area contributed by atoms with Gasteiger partial charge in [-0.2, -0.15) is 0 Å². The van der Waals surface area contributed by atoms with Gasteiger partial charge in [0.25, 0.3) is 12.1 Å². The maximum absolute atomic E-state index is 13.2. The van der Waals surface area contributed by atoms with Gasteiger partial charge in [0.15, 0.2) is 0 Å². The van der Waals surface area contributed by atoms with Gasteiger partial charge >= 0.3 is 0 Å². The predicted octanol–water partition coefficient (Wildman–Crippen LogP) is 3.57. The molecule has 0 saturated heterocycles. The highest BCUT2D eigenvalue weighted by Gasteiger charge is 2.25. The number of alkyl halides is 3. The van der Waals surface area contributed by atoms with Crippen molar-refractivity contribution in [2.45, 2.75) is 25.1 Å². The predicted molar refractivity (Wildman–Crippen MR) is 75.7 cm³/mol. The summed E-state index contributed by atoms with van der Waals surface area (Å²) in [7, 11) is 0. The monoisotopic (exact) mass is 331 g/mol. The standard InChI is InChI=1S/C13H12F3N3O2S/c14-11(12(15)16)10-6-22-13(18-10)9(17)5-7-1-3-8(4-2-7)19(20)21/h1-4,6,9,11-12H,5,17H2/t9-,11?/m0/s1. The van der Waals surface area contributed by atoms with E-state index in [9.17, 15) is 23.3 Å². The first-order valence-electron chi connectivity index (χ1n) is 6.25. The van der Waals surface area contributed by atoms with E-state index in [-0.39, 0.29) is 11.4 Å². The summed E-state index contributed by atoms with van der Waals surface area (Å²) in [6.45, 7) is 0. The number of rotatable bonds is 6. The molecule has 2 aromatic rings. The number of benzene rings is 1. The van der Waals surface area contributed by atoms with Crippen molar-refractivity contribution in [2.75, 3.05) is 0 Å². The van der Waals surface area contributed by atoms with Crippen molar-refractivity contribution >= 4 is 17.0 Å². The van der Waals surface area contributed by atoms with E-state index in [1.165, 1.54) is 17.5 Å². The minimum Gasteiger partial charge on any atom is -0.322 e. The highest BCUT2D eigenvalue weighted by molar-refractivity contribution is 7.09. The molecule has 0 amide bonds. The summed E-state index contributed by atoms with van der Waals surface area (Å²) in [4.78, 5) is 13.8. The first-order chi connectivity index (χ1) is 10.4. The number of nitro groups is 1. The molecule has 0 aliphatic carbocycles. The molecule has 0 bridgehead atoms. The van der Waals surface area contributed by atoms with Gasteiger partial charge in [-0.25, -0.2) is 18.2 Å².